The van der Waals surface area contributed by atoms with E-state index in [1.54, 1.807) is 0 Å². The van der Waals surface area contributed by atoms with E-state index in [1.807, 2.05) is 17.5 Å². The number of aromatic nitrogens is 6. The summed E-state index contributed by atoms with van der Waals surface area (Å²) in [7, 11) is 0. The minimum Gasteiger partial charge on any atom is -0.355 e. The van der Waals surface area contributed by atoms with Gasteiger partial charge in [0.15, 0.2) is 16.6 Å². The van der Waals surface area contributed by atoms with Crippen molar-refractivity contribution in [3.63, 3.8) is 0 Å². The highest BCUT2D eigenvalue weighted by molar-refractivity contribution is 7.14. The molecule has 178 valence electrons. The van der Waals surface area contributed by atoms with Crippen LogP contribution in [0.3, 0.4) is 0 Å². The Morgan fingerprint density at radius 3 is 2.78 bits per heavy atom. The molecule has 0 radical (unpaired) electrons. The van der Waals surface area contributed by atoms with Gasteiger partial charge in [-0.3, -0.25) is 4.79 Å². The Balaban J connectivity index is 0.997. The van der Waals surface area contributed by atoms with Crippen LogP contribution in [0.25, 0.3) is 28.0 Å². The van der Waals surface area contributed by atoms with Crippen molar-refractivity contribution in [2.45, 2.75) is 19.3 Å². The first-order valence-corrected chi connectivity index (χ1v) is 12.9. The van der Waals surface area contributed by atoms with Crippen LogP contribution in [0.4, 0.5) is 10.9 Å². The highest BCUT2D eigenvalue weighted by Crippen LogP contribution is 2.38. The Bertz CT molecular complexity index is 1600. The van der Waals surface area contributed by atoms with Gasteiger partial charge in [0.25, 0.3) is 0 Å². The number of hydrogen-bond acceptors (Lipinski definition) is 8. The molecule has 0 unspecified atom stereocenters. The number of anilines is 2. The minimum absolute atomic E-state index is 0.0313. The third kappa shape index (κ3) is 3.70. The number of amides is 1. The fraction of sp³-hybridized carbons (Fsp3) is 0.231. The Morgan fingerprint density at radius 2 is 1.86 bits per heavy atom. The predicted molar refractivity (Wildman–Crippen MR) is 138 cm³/mol. The lowest BCUT2D eigenvalue weighted by Gasteiger charge is -2.31. The number of piperidine rings is 1. The van der Waals surface area contributed by atoms with Crippen LogP contribution in [-0.2, 0) is 11.2 Å². The molecule has 9 nitrogen and oxygen atoms in total. The van der Waals surface area contributed by atoms with Gasteiger partial charge >= 0.3 is 0 Å². The van der Waals surface area contributed by atoms with Crippen molar-refractivity contribution in [3.05, 3.63) is 71.1 Å². The minimum atomic E-state index is -0.0520. The molecule has 10 heteroatoms. The average Bonchev–Trinajstić information content (AvgIpc) is 3.66. The number of hydrogen-bond donors (Lipinski definition) is 1. The summed E-state index contributed by atoms with van der Waals surface area (Å²) in [6.45, 7) is 1.50. The number of tetrazole rings is 1. The molecule has 1 N–H and O–H groups in total. The number of nitrogens with one attached hydrogen (secondary N) is 1. The van der Waals surface area contributed by atoms with E-state index < -0.39 is 0 Å². The highest BCUT2D eigenvalue weighted by Gasteiger charge is 2.27. The number of rotatable bonds is 4. The fourth-order valence-electron chi connectivity index (χ4n) is 5.16. The zero-order chi connectivity index (χ0) is 24.1. The molecular formula is C26H22N8OS. The van der Waals surface area contributed by atoms with Crippen LogP contribution in [0.5, 0.6) is 0 Å². The summed E-state index contributed by atoms with van der Waals surface area (Å²) in [6.07, 6.45) is 2.46. The van der Waals surface area contributed by atoms with E-state index in [0.29, 0.717) is 10.8 Å². The smallest absolute Gasteiger partial charge is 0.229 e. The molecule has 7 rings (SSSR count). The summed E-state index contributed by atoms with van der Waals surface area (Å²) in [5.74, 6) is 0.795. The predicted octanol–water partition coefficient (Wildman–Crippen LogP) is 4.07. The van der Waals surface area contributed by atoms with E-state index in [0.717, 1.165) is 49.4 Å². The number of carbonyl (C=O) groups is 1. The molecule has 1 saturated heterocycles. The number of thiazole rings is 1. The first-order valence-electron chi connectivity index (χ1n) is 12.0. The molecular weight excluding hydrogens is 472 g/mol. The molecule has 1 aliphatic carbocycles. The van der Waals surface area contributed by atoms with Crippen LogP contribution in [-0.4, -0.2) is 49.2 Å². The van der Waals surface area contributed by atoms with E-state index in [4.69, 9.17) is 4.98 Å². The maximum absolute atomic E-state index is 13.0. The van der Waals surface area contributed by atoms with E-state index in [9.17, 15) is 4.79 Å². The van der Waals surface area contributed by atoms with Gasteiger partial charge in [0.05, 0.1) is 5.69 Å². The van der Waals surface area contributed by atoms with E-state index in [1.165, 1.54) is 38.2 Å². The zero-order valence-corrected chi connectivity index (χ0v) is 20.1. The van der Waals surface area contributed by atoms with Crippen molar-refractivity contribution < 1.29 is 4.79 Å². The third-order valence-electron chi connectivity index (χ3n) is 7.07. The van der Waals surface area contributed by atoms with Crippen molar-refractivity contribution in [1.29, 1.82) is 0 Å². The lowest BCUT2D eigenvalue weighted by atomic mass is 9.96. The lowest BCUT2D eigenvalue weighted by molar-refractivity contribution is -0.120. The van der Waals surface area contributed by atoms with Crippen LogP contribution in [0.1, 0.15) is 24.0 Å². The van der Waals surface area contributed by atoms with Crippen molar-refractivity contribution in [1.82, 2.24) is 30.2 Å². The summed E-state index contributed by atoms with van der Waals surface area (Å²) in [5.41, 5.74) is 7.91. The average molecular weight is 495 g/mol. The Hall–Kier alpha value is -4.18. The number of nitrogens with zero attached hydrogens (tertiary/aromatic N) is 7. The second kappa shape index (κ2) is 8.49. The number of benzene rings is 2. The Kier molecular flexibility index (Phi) is 4.98. The van der Waals surface area contributed by atoms with Gasteiger partial charge in [-0.2, -0.15) is 0 Å². The largest absolute Gasteiger partial charge is 0.355 e. The molecule has 4 heterocycles. The molecule has 0 bridgehead atoms. The monoisotopic (exact) mass is 494 g/mol. The summed E-state index contributed by atoms with van der Waals surface area (Å²) >= 11 is 1.47. The normalized spacial score (nSPS) is 15.2. The molecule has 1 fully saturated rings. The topological polar surface area (TPSA) is 101 Å². The van der Waals surface area contributed by atoms with Crippen molar-refractivity contribution in [3.8, 4) is 22.4 Å². The van der Waals surface area contributed by atoms with Gasteiger partial charge in [-0.25, -0.2) is 4.98 Å². The highest BCUT2D eigenvalue weighted by atomic mass is 32.1. The molecule has 2 aliphatic rings. The quantitative estimate of drug-likeness (QED) is 0.394. The first kappa shape index (κ1) is 21.1. The Labute approximate surface area is 210 Å². The van der Waals surface area contributed by atoms with Gasteiger partial charge in [0.2, 0.25) is 5.91 Å². The van der Waals surface area contributed by atoms with Crippen molar-refractivity contribution in [2.75, 3.05) is 23.3 Å². The maximum Gasteiger partial charge on any atom is 0.229 e. The number of carbonyl (C=O) groups excluding carboxylic acids is 1. The summed E-state index contributed by atoms with van der Waals surface area (Å²) in [5, 5.41) is 21.6. The van der Waals surface area contributed by atoms with Crippen LogP contribution in [0.15, 0.2) is 60.0 Å². The molecule has 3 aromatic heterocycles. The summed E-state index contributed by atoms with van der Waals surface area (Å²) in [4.78, 5) is 19.9. The molecule has 36 heavy (non-hydrogen) atoms. The molecule has 0 saturated carbocycles. The number of fused-ring (bicyclic) bond motifs is 4. The van der Waals surface area contributed by atoms with Crippen LogP contribution < -0.4 is 10.2 Å². The third-order valence-corrected chi connectivity index (χ3v) is 7.83. The molecule has 0 atom stereocenters. The Morgan fingerprint density at radius 1 is 1.00 bits per heavy atom. The standard InChI is InChI=1S/C26H22N8OS/c35-25(16-9-11-33(12-10-16)24-8-7-23-29-31-32-34(23)30-24)28-26-27-22(15-36-26)18-5-6-21-19(14-18)13-17-3-1-2-4-20(17)21/h1-8,14-16H,9-13H2,(H,27,28,35). The van der Waals surface area contributed by atoms with Crippen molar-refractivity contribution in [2.24, 2.45) is 5.92 Å². The molecule has 1 amide bonds. The SMILES string of the molecule is O=C(Nc1nc(-c2ccc3c(c2)Cc2ccccc2-3)cs1)C1CCN(c2ccc3nnnn3n2)CC1. The van der Waals surface area contributed by atoms with Gasteiger partial charge in [0, 0.05) is 30.0 Å². The van der Waals surface area contributed by atoms with Crippen molar-refractivity contribution >= 4 is 33.8 Å². The van der Waals surface area contributed by atoms with Crippen LogP contribution in [0.2, 0.25) is 0 Å². The fourth-order valence-corrected chi connectivity index (χ4v) is 5.88. The summed E-state index contributed by atoms with van der Waals surface area (Å²) < 4.78 is 1.42. The maximum atomic E-state index is 13.0. The van der Waals surface area contributed by atoms with E-state index in [-0.39, 0.29) is 11.8 Å². The van der Waals surface area contributed by atoms with Gasteiger partial charge in [-0.05, 0) is 70.1 Å². The molecule has 2 aromatic carbocycles. The van der Waals surface area contributed by atoms with Gasteiger partial charge < -0.3 is 10.2 Å². The van der Waals surface area contributed by atoms with Crippen LogP contribution >= 0.6 is 11.3 Å². The molecule has 1 aliphatic heterocycles. The van der Waals surface area contributed by atoms with Gasteiger partial charge in [0.1, 0.15) is 0 Å². The van der Waals surface area contributed by atoms with Gasteiger partial charge in [-0.15, -0.1) is 26.2 Å². The second-order valence-corrected chi connectivity index (χ2v) is 10.1. The second-order valence-electron chi connectivity index (χ2n) is 9.21. The van der Waals surface area contributed by atoms with Gasteiger partial charge in [-0.1, -0.05) is 36.4 Å². The zero-order valence-electron chi connectivity index (χ0n) is 19.3. The van der Waals surface area contributed by atoms with Crippen LogP contribution in [0, 0.1) is 5.92 Å². The molecule has 0 spiro atoms. The summed E-state index contributed by atoms with van der Waals surface area (Å²) in [6, 6.07) is 18.9. The van der Waals surface area contributed by atoms with E-state index in [2.05, 4.69) is 73.3 Å². The first-order chi connectivity index (χ1) is 17.7. The molecule has 5 aromatic rings. The lowest BCUT2D eigenvalue weighted by Crippen LogP contribution is -2.38. The van der Waals surface area contributed by atoms with E-state index >= 15 is 0 Å².